The zero-order chi connectivity index (χ0) is 10.5. The molecule has 0 aliphatic carbocycles. The summed E-state index contributed by atoms with van der Waals surface area (Å²) in [6.45, 7) is 9.74. The van der Waals surface area contributed by atoms with Crippen molar-refractivity contribution in [2.45, 2.75) is 19.3 Å². The van der Waals surface area contributed by atoms with Gasteiger partial charge in [0, 0.05) is 25.2 Å². The molecule has 1 aliphatic heterocycles. The van der Waals surface area contributed by atoms with E-state index in [1.807, 2.05) is 0 Å². The average molecular weight is 200 g/mol. The molecule has 15 heavy (non-hydrogen) atoms. The molecule has 0 unspecified atom stereocenters. The summed E-state index contributed by atoms with van der Waals surface area (Å²) in [7, 11) is 0. The average Bonchev–Trinajstić information content (AvgIpc) is 2.80. The van der Waals surface area contributed by atoms with Crippen molar-refractivity contribution in [3.63, 3.8) is 0 Å². The molecule has 1 fully saturated rings. The number of nitrogens with zero attached hydrogens (tertiary/aromatic N) is 2. The maximum atomic E-state index is 6.75. The van der Waals surface area contributed by atoms with Crippen LogP contribution in [-0.2, 0) is 6.42 Å². The number of rotatable bonds is 3. The van der Waals surface area contributed by atoms with Crippen LogP contribution in [0, 0.1) is 6.57 Å². The fourth-order valence-corrected chi connectivity index (χ4v) is 2.03. The van der Waals surface area contributed by atoms with Gasteiger partial charge in [-0.2, -0.15) is 0 Å². The highest BCUT2D eigenvalue weighted by Crippen LogP contribution is 2.20. The van der Waals surface area contributed by atoms with Crippen LogP contribution in [0.25, 0.3) is 4.85 Å². The zero-order valence-corrected chi connectivity index (χ0v) is 8.95. The van der Waals surface area contributed by atoms with Gasteiger partial charge in [-0.1, -0.05) is 12.1 Å². The summed E-state index contributed by atoms with van der Waals surface area (Å²) in [6, 6.07) is 8.67. The monoisotopic (exact) mass is 200 g/mol. The third-order valence-electron chi connectivity index (χ3n) is 2.92. The van der Waals surface area contributed by atoms with E-state index in [2.05, 4.69) is 34.0 Å². The van der Waals surface area contributed by atoms with Gasteiger partial charge in [0.1, 0.15) is 0 Å². The largest absolute Gasteiger partial charge is 0.372 e. The smallest absolute Gasteiger partial charge is 0.218 e. The summed E-state index contributed by atoms with van der Waals surface area (Å²) in [4.78, 5) is 5.80. The Hall–Kier alpha value is -1.49. The fourth-order valence-electron chi connectivity index (χ4n) is 2.03. The lowest BCUT2D eigenvalue weighted by atomic mass is 10.1. The SMILES string of the molecule is [C-]#[N+]CCc1ccc(N2CCCC2)cc1. The molecule has 1 aliphatic rings. The van der Waals surface area contributed by atoms with Crippen molar-refractivity contribution in [2.75, 3.05) is 24.5 Å². The summed E-state index contributed by atoms with van der Waals surface area (Å²) in [6.07, 6.45) is 3.52. The van der Waals surface area contributed by atoms with Crippen LogP contribution in [0.5, 0.6) is 0 Å². The fraction of sp³-hybridized carbons (Fsp3) is 0.462. The molecular weight excluding hydrogens is 184 g/mol. The molecule has 0 atom stereocenters. The predicted molar refractivity (Wildman–Crippen MR) is 63.1 cm³/mol. The van der Waals surface area contributed by atoms with E-state index in [0.717, 1.165) is 6.42 Å². The molecule has 1 saturated heterocycles. The van der Waals surface area contributed by atoms with Gasteiger partial charge in [-0.25, -0.2) is 6.57 Å². The second-order valence-corrected chi connectivity index (χ2v) is 3.99. The third kappa shape index (κ3) is 2.50. The van der Waals surface area contributed by atoms with E-state index in [-0.39, 0.29) is 0 Å². The first kappa shape index (κ1) is 10.0. The van der Waals surface area contributed by atoms with Crippen LogP contribution in [0.1, 0.15) is 18.4 Å². The molecule has 2 heteroatoms. The molecule has 0 amide bonds. The van der Waals surface area contributed by atoms with Gasteiger partial charge in [-0.3, -0.25) is 0 Å². The van der Waals surface area contributed by atoms with Crippen molar-refractivity contribution in [1.29, 1.82) is 0 Å². The second-order valence-electron chi connectivity index (χ2n) is 3.99. The highest BCUT2D eigenvalue weighted by atomic mass is 15.1. The Labute approximate surface area is 91.3 Å². The lowest BCUT2D eigenvalue weighted by molar-refractivity contribution is 0.949. The van der Waals surface area contributed by atoms with E-state index < -0.39 is 0 Å². The van der Waals surface area contributed by atoms with Crippen molar-refractivity contribution in [1.82, 2.24) is 0 Å². The van der Waals surface area contributed by atoms with Gasteiger partial charge in [0.15, 0.2) is 0 Å². The summed E-state index contributed by atoms with van der Waals surface area (Å²) >= 11 is 0. The Kier molecular flexibility index (Phi) is 3.24. The molecule has 0 N–H and O–H groups in total. The molecule has 78 valence electrons. The first-order valence-electron chi connectivity index (χ1n) is 5.57. The standard InChI is InChI=1S/C13H16N2/c1-14-9-8-12-4-6-13(7-5-12)15-10-2-3-11-15/h4-7H,2-3,8-11H2. The molecule has 1 aromatic rings. The van der Waals surface area contributed by atoms with Crippen molar-refractivity contribution in [3.05, 3.63) is 41.2 Å². The van der Waals surface area contributed by atoms with E-state index in [9.17, 15) is 0 Å². The predicted octanol–water partition coefficient (Wildman–Crippen LogP) is 2.75. The maximum absolute atomic E-state index is 6.75. The van der Waals surface area contributed by atoms with Gasteiger partial charge < -0.3 is 9.74 Å². The highest BCUT2D eigenvalue weighted by molar-refractivity contribution is 5.48. The molecule has 1 heterocycles. The van der Waals surface area contributed by atoms with E-state index in [4.69, 9.17) is 6.57 Å². The van der Waals surface area contributed by atoms with E-state index >= 15 is 0 Å². The normalized spacial score (nSPS) is 15.3. The Bertz CT molecular complexity index is 342. The minimum Gasteiger partial charge on any atom is -0.372 e. The lowest BCUT2D eigenvalue weighted by Crippen LogP contribution is -2.17. The topological polar surface area (TPSA) is 7.60 Å². The van der Waals surface area contributed by atoms with E-state index in [0.29, 0.717) is 6.54 Å². The van der Waals surface area contributed by atoms with Crippen molar-refractivity contribution in [2.24, 2.45) is 0 Å². The first-order valence-corrected chi connectivity index (χ1v) is 5.57. The van der Waals surface area contributed by atoms with Gasteiger partial charge in [-0.05, 0) is 30.5 Å². The van der Waals surface area contributed by atoms with E-state index in [1.165, 1.54) is 37.2 Å². The molecule has 0 aromatic heterocycles. The maximum Gasteiger partial charge on any atom is 0.218 e. The molecular formula is C13H16N2. The lowest BCUT2D eigenvalue weighted by Gasteiger charge is -2.17. The van der Waals surface area contributed by atoms with Crippen LogP contribution in [0.15, 0.2) is 24.3 Å². The van der Waals surface area contributed by atoms with Gasteiger partial charge in [0.05, 0.1) is 0 Å². The van der Waals surface area contributed by atoms with Gasteiger partial charge in [0.25, 0.3) is 0 Å². The van der Waals surface area contributed by atoms with Crippen LogP contribution in [0.3, 0.4) is 0 Å². The molecule has 0 bridgehead atoms. The third-order valence-corrected chi connectivity index (χ3v) is 2.92. The van der Waals surface area contributed by atoms with Gasteiger partial charge in [0.2, 0.25) is 6.54 Å². The van der Waals surface area contributed by atoms with Crippen LogP contribution in [-0.4, -0.2) is 19.6 Å². The zero-order valence-electron chi connectivity index (χ0n) is 8.95. The number of hydrogen-bond donors (Lipinski definition) is 0. The van der Waals surface area contributed by atoms with Crippen molar-refractivity contribution < 1.29 is 0 Å². The Balaban J connectivity index is 2.00. The summed E-state index contributed by atoms with van der Waals surface area (Å²) < 4.78 is 0. The van der Waals surface area contributed by atoms with Crippen LogP contribution in [0.4, 0.5) is 5.69 Å². The summed E-state index contributed by atoms with van der Waals surface area (Å²) in [5, 5.41) is 0. The summed E-state index contributed by atoms with van der Waals surface area (Å²) in [5.41, 5.74) is 2.60. The molecule has 0 radical (unpaired) electrons. The molecule has 1 aromatic carbocycles. The Morgan fingerprint density at radius 2 is 1.80 bits per heavy atom. The number of hydrogen-bond acceptors (Lipinski definition) is 1. The molecule has 2 rings (SSSR count). The Morgan fingerprint density at radius 3 is 2.40 bits per heavy atom. The molecule has 0 saturated carbocycles. The van der Waals surface area contributed by atoms with Crippen LogP contribution < -0.4 is 4.90 Å². The Morgan fingerprint density at radius 1 is 1.13 bits per heavy atom. The second kappa shape index (κ2) is 4.84. The number of benzene rings is 1. The van der Waals surface area contributed by atoms with Crippen molar-refractivity contribution >= 4 is 5.69 Å². The minimum absolute atomic E-state index is 0.600. The first-order chi connectivity index (χ1) is 7.40. The highest BCUT2D eigenvalue weighted by Gasteiger charge is 2.11. The number of anilines is 1. The quantitative estimate of drug-likeness (QED) is 0.681. The van der Waals surface area contributed by atoms with Crippen LogP contribution >= 0.6 is 0 Å². The van der Waals surface area contributed by atoms with Crippen LogP contribution in [0.2, 0.25) is 0 Å². The molecule has 0 spiro atoms. The van der Waals surface area contributed by atoms with Gasteiger partial charge >= 0.3 is 0 Å². The molecule has 2 nitrogen and oxygen atoms in total. The minimum atomic E-state index is 0.600. The van der Waals surface area contributed by atoms with Crippen molar-refractivity contribution in [3.8, 4) is 0 Å². The van der Waals surface area contributed by atoms with E-state index in [1.54, 1.807) is 0 Å². The van der Waals surface area contributed by atoms with Gasteiger partial charge in [-0.15, -0.1) is 0 Å². The summed E-state index contributed by atoms with van der Waals surface area (Å²) in [5.74, 6) is 0.